The fourth-order valence-corrected chi connectivity index (χ4v) is 2.29. The number of hydrogen-bond acceptors (Lipinski definition) is 3. The zero-order valence-electron chi connectivity index (χ0n) is 10.8. The number of phenolic OH excluding ortho intramolecular Hbond substituents is 1. The van der Waals surface area contributed by atoms with Gasteiger partial charge in [0.15, 0.2) is 11.6 Å². The minimum absolute atomic E-state index is 0.315. The molecule has 0 aliphatic carbocycles. The Morgan fingerprint density at radius 2 is 1.65 bits per heavy atom. The molecule has 1 fully saturated rings. The van der Waals surface area contributed by atoms with Crippen LogP contribution in [0.25, 0.3) is 0 Å². The fourth-order valence-electron chi connectivity index (χ4n) is 2.29. The summed E-state index contributed by atoms with van der Waals surface area (Å²) in [6.07, 6.45) is -4.18. The van der Waals surface area contributed by atoms with E-state index in [9.17, 15) is 22.7 Å². The number of halogens is 4. The van der Waals surface area contributed by atoms with Crippen LogP contribution in [0.2, 0.25) is 0 Å². The normalized spacial score (nSPS) is 18.4. The Morgan fingerprint density at radius 3 is 2.25 bits per heavy atom. The first kappa shape index (κ1) is 15.1. The van der Waals surface area contributed by atoms with Crippen LogP contribution in [0.5, 0.6) is 5.75 Å². The zero-order valence-corrected chi connectivity index (χ0v) is 10.8. The predicted molar refractivity (Wildman–Crippen MR) is 65.8 cm³/mol. The average molecular weight is 292 g/mol. The van der Waals surface area contributed by atoms with E-state index in [2.05, 4.69) is 0 Å². The smallest absolute Gasteiger partial charge is 0.401 e. The maximum atomic E-state index is 13.2. The lowest BCUT2D eigenvalue weighted by atomic mass is 10.1. The molecule has 7 heteroatoms. The predicted octanol–water partition coefficient (Wildman–Crippen LogP) is 2.21. The summed E-state index contributed by atoms with van der Waals surface area (Å²) in [7, 11) is 0. The van der Waals surface area contributed by atoms with Crippen molar-refractivity contribution in [3.63, 3.8) is 0 Å². The summed E-state index contributed by atoms with van der Waals surface area (Å²) in [5.74, 6) is -1.07. The van der Waals surface area contributed by atoms with E-state index in [0.29, 0.717) is 38.3 Å². The number of para-hydroxylation sites is 1. The van der Waals surface area contributed by atoms with Gasteiger partial charge in [0.05, 0.1) is 6.54 Å². The van der Waals surface area contributed by atoms with Gasteiger partial charge in [-0.15, -0.1) is 0 Å². The van der Waals surface area contributed by atoms with Gasteiger partial charge in [-0.25, -0.2) is 4.39 Å². The van der Waals surface area contributed by atoms with Crippen LogP contribution in [0.1, 0.15) is 5.56 Å². The summed E-state index contributed by atoms with van der Waals surface area (Å²) in [6, 6.07) is 4.28. The second-order valence-corrected chi connectivity index (χ2v) is 4.92. The van der Waals surface area contributed by atoms with Crippen LogP contribution in [0, 0.1) is 5.82 Å². The first-order valence-corrected chi connectivity index (χ1v) is 6.33. The summed E-state index contributed by atoms with van der Waals surface area (Å²) in [4.78, 5) is 3.25. The van der Waals surface area contributed by atoms with Crippen molar-refractivity contribution >= 4 is 0 Å². The van der Waals surface area contributed by atoms with Gasteiger partial charge < -0.3 is 5.11 Å². The zero-order chi connectivity index (χ0) is 14.8. The Balaban J connectivity index is 1.87. The van der Waals surface area contributed by atoms with Gasteiger partial charge in [0, 0.05) is 38.3 Å². The summed E-state index contributed by atoms with van der Waals surface area (Å²) < 4.78 is 49.9. The van der Waals surface area contributed by atoms with Crippen molar-refractivity contribution in [2.24, 2.45) is 0 Å². The standard InChI is InChI=1S/C13H16F4N2O/c14-11-3-1-2-10(12(11)20)8-18-4-6-19(7-5-18)9-13(15,16)17/h1-3,20H,4-9H2. The largest absolute Gasteiger partial charge is 0.505 e. The fraction of sp³-hybridized carbons (Fsp3) is 0.538. The van der Waals surface area contributed by atoms with E-state index in [1.807, 2.05) is 4.90 Å². The highest BCUT2D eigenvalue weighted by Gasteiger charge is 2.32. The third-order valence-electron chi connectivity index (χ3n) is 3.33. The minimum atomic E-state index is -4.18. The van der Waals surface area contributed by atoms with E-state index in [1.165, 1.54) is 17.0 Å². The monoisotopic (exact) mass is 292 g/mol. The molecule has 20 heavy (non-hydrogen) atoms. The highest BCUT2D eigenvalue weighted by Crippen LogP contribution is 2.23. The Morgan fingerprint density at radius 1 is 1.05 bits per heavy atom. The number of benzene rings is 1. The second-order valence-electron chi connectivity index (χ2n) is 4.92. The molecule has 1 aliphatic heterocycles. The van der Waals surface area contributed by atoms with Crippen LogP contribution in [-0.2, 0) is 6.54 Å². The van der Waals surface area contributed by atoms with Crippen LogP contribution in [0.4, 0.5) is 17.6 Å². The van der Waals surface area contributed by atoms with Gasteiger partial charge in [-0.1, -0.05) is 12.1 Å². The van der Waals surface area contributed by atoms with E-state index in [0.717, 1.165) is 0 Å². The number of phenols is 1. The van der Waals surface area contributed by atoms with Crippen molar-refractivity contribution in [3.05, 3.63) is 29.6 Å². The molecule has 0 radical (unpaired) electrons. The van der Waals surface area contributed by atoms with Gasteiger partial charge in [0.2, 0.25) is 0 Å². The Labute approximate surface area is 114 Å². The molecule has 1 aromatic carbocycles. The van der Waals surface area contributed by atoms with E-state index in [-0.39, 0.29) is 5.75 Å². The van der Waals surface area contributed by atoms with Crippen molar-refractivity contribution in [1.82, 2.24) is 9.80 Å². The quantitative estimate of drug-likeness (QED) is 0.865. The van der Waals surface area contributed by atoms with Crippen LogP contribution >= 0.6 is 0 Å². The van der Waals surface area contributed by atoms with Gasteiger partial charge in [-0.3, -0.25) is 9.80 Å². The van der Waals surface area contributed by atoms with E-state index in [4.69, 9.17) is 0 Å². The molecule has 2 rings (SSSR count). The highest BCUT2D eigenvalue weighted by atomic mass is 19.4. The summed E-state index contributed by atoms with van der Waals surface area (Å²) in [5, 5.41) is 9.57. The Kier molecular flexibility index (Phi) is 4.49. The highest BCUT2D eigenvalue weighted by molar-refractivity contribution is 5.33. The third-order valence-corrected chi connectivity index (χ3v) is 3.33. The molecule has 1 N–H and O–H groups in total. The topological polar surface area (TPSA) is 26.7 Å². The van der Waals surface area contributed by atoms with Gasteiger partial charge in [-0.2, -0.15) is 13.2 Å². The van der Waals surface area contributed by atoms with Gasteiger partial charge in [-0.05, 0) is 6.07 Å². The van der Waals surface area contributed by atoms with Gasteiger partial charge in [0.25, 0.3) is 0 Å². The third kappa shape index (κ3) is 4.08. The summed E-state index contributed by atoms with van der Waals surface area (Å²) in [5.41, 5.74) is 0.453. The average Bonchev–Trinajstić information content (AvgIpc) is 2.35. The Hall–Kier alpha value is -1.34. The Bertz CT molecular complexity index is 456. The second kappa shape index (κ2) is 5.97. The molecular formula is C13H16F4N2O. The van der Waals surface area contributed by atoms with E-state index in [1.54, 1.807) is 6.07 Å². The number of piperazine rings is 1. The molecule has 0 spiro atoms. The van der Waals surface area contributed by atoms with Crippen LogP contribution in [-0.4, -0.2) is 53.8 Å². The van der Waals surface area contributed by atoms with Crippen LogP contribution < -0.4 is 0 Å². The first-order chi connectivity index (χ1) is 9.35. The van der Waals surface area contributed by atoms with E-state index < -0.39 is 18.5 Å². The maximum absolute atomic E-state index is 13.2. The molecule has 1 heterocycles. The molecule has 0 bridgehead atoms. The molecule has 0 atom stereocenters. The molecule has 3 nitrogen and oxygen atoms in total. The molecular weight excluding hydrogens is 276 g/mol. The van der Waals surface area contributed by atoms with Crippen molar-refractivity contribution < 1.29 is 22.7 Å². The molecule has 0 unspecified atom stereocenters. The molecule has 1 saturated heterocycles. The molecule has 1 aromatic rings. The first-order valence-electron chi connectivity index (χ1n) is 6.33. The lowest BCUT2D eigenvalue weighted by Gasteiger charge is -2.35. The van der Waals surface area contributed by atoms with E-state index >= 15 is 0 Å². The SMILES string of the molecule is Oc1c(F)cccc1CN1CCN(CC(F)(F)F)CC1. The molecule has 1 aliphatic rings. The summed E-state index contributed by atoms with van der Waals surface area (Å²) in [6.45, 7) is 0.999. The molecule has 112 valence electrons. The number of alkyl halides is 3. The van der Waals surface area contributed by atoms with Crippen molar-refractivity contribution in [2.75, 3.05) is 32.7 Å². The molecule has 0 saturated carbocycles. The molecule has 0 aromatic heterocycles. The van der Waals surface area contributed by atoms with Gasteiger partial charge >= 0.3 is 6.18 Å². The maximum Gasteiger partial charge on any atom is 0.401 e. The summed E-state index contributed by atoms with van der Waals surface area (Å²) >= 11 is 0. The lowest BCUT2D eigenvalue weighted by molar-refractivity contribution is -0.149. The number of nitrogens with zero attached hydrogens (tertiary/aromatic N) is 2. The number of hydrogen-bond donors (Lipinski definition) is 1. The van der Waals surface area contributed by atoms with Gasteiger partial charge in [0.1, 0.15) is 0 Å². The van der Waals surface area contributed by atoms with Crippen molar-refractivity contribution in [1.29, 1.82) is 0 Å². The van der Waals surface area contributed by atoms with Crippen LogP contribution in [0.15, 0.2) is 18.2 Å². The number of rotatable bonds is 3. The van der Waals surface area contributed by atoms with Crippen molar-refractivity contribution in [3.8, 4) is 5.75 Å². The van der Waals surface area contributed by atoms with Crippen molar-refractivity contribution in [2.45, 2.75) is 12.7 Å². The molecule has 0 amide bonds. The van der Waals surface area contributed by atoms with Crippen LogP contribution in [0.3, 0.4) is 0 Å². The lowest BCUT2D eigenvalue weighted by Crippen LogP contribution is -2.48. The number of aromatic hydroxyl groups is 1. The minimum Gasteiger partial charge on any atom is -0.505 e.